The first-order chi connectivity index (χ1) is 14.8. The molecule has 4 rings (SSSR count). The highest BCUT2D eigenvalue weighted by Crippen LogP contribution is 2.31. The molecule has 31 heavy (non-hydrogen) atoms. The number of aromatic nitrogens is 2. The zero-order chi connectivity index (χ0) is 22.1. The van der Waals surface area contributed by atoms with Crippen molar-refractivity contribution in [3.8, 4) is 11.1 Å². The first-order valence-electron chi connectivity index (χ1n) is 9.19. The maximum absolute atomic E-state index is 12.8. The molecule has 0 bridgehead atoms. The molecule has 0 saturated heterocycles. The highest BCUT2D eigenvalue weighted by molar-refractivity contribution is 7.17. The van der Waals surface area contributed by atoms with Crippen LogP contribution in [-0.4, -0.2) is 26.8 Å². The van der Waals surface area contributed by atoms with Crippen molar-refractivity contribution in [3.05, 3.63) is 89.7 Å². The molecule has 0 amide bonds. The smallest absolute Gasteiger partial charge is 0.269 e. The van der Waals surface area contributed by atoms with Crippen LogP contribution in [0.1, 0.15) is 11.4 Å². The van der Waals surface area contributed by atoms with Crippen molar-refractivity contribution in [1.82, 2.24) is 14.9 Å². The number of nitrogens with one attached hydrogen (secondary N) is 1. The van der Waals surface area contributed by atoms with Crippen LogP contribution >= 0.6 is 34.5 Å². The molecular weight excluding hydrogens is 459 g/mol. The predicted octanol–water partition coefficient (Wildman–Crippen LogP) is 5.50. The average Bonchev–Trinajstić information content (AvgIpc) is 3.14. The van der Waals surface area contributed by atoms with Gasteiger partial charge in [-0.3, -0.25) is 19.8 Å². The predicted molar refractivity (Wildman–Crippen MR) is 124 cm³/mol. The Kier molecular flexibility index (Phi) is 6.06. The summed E-state index contributed by atoms with van der Waals surface area (Å²) in [6, 6.07) is 11.6. The Morgan fingerprint density at radius 2 is 1.90 bits per heavy atom. The van der Waals surface area contributed by atoms with Crippen molar-refractivity contribution >= 4 is 50.4 Å². The Bertz CT molecular complexity index is 1330. The van der Waals surface area contributed by atoms with Crippen molar-refractivity contribution < 1.29 is 4.92 Å². The van der Waals surface area contributed by atoms with Gasteiger partial charge in [-0.25, -0.2) is 4.98 Å². The van der Waals surface area contributed by atoms with Crippen molar-refractivity contribution in [3.63, 3.8) is 0 Å². The molecule has 0 aliphatic heterocycles. The number of nitrogens with zero attached hydrogens (tertiary/aromatic N) is 3. The van der Waals surface area contributed by atoms with Crippen LogP contribution in [0.2, 0.25) is 10.0 Å². The van der Waals surface area contributed by atoms with E-state index in [4.69, 9.17) is 23.2 Å². The lowest BCUT2D eigenvalue weighted by molar-refractivity contribution is -0.384. The zero-order valence-electron chi connectivity index (χ0n) is 16.3. The molecule has 0 radical (unpaired) electrons. The monoisotopic (exact) mass is 474 g/mol. The second kappa shape index (κ2) is 8.76. The van der Waals surface area contributed by atoms with Crippen LogP contribution in [0, 0.1) is 10.1 Å². The highest BCUT2D eigenvalue weighted by Gasteiger charge is 2.15. The second-order valence-corrected chi connectivity index (χ2v) is 8.76. The molecule has 10 heteroatoms. The van der Waals surface area contributed by atoms with Gasteiger partial charge in [0.2, 0.25) is 0 Å². The Morgan fingerprint density at radius 1 is 1.16 bits per heavy atom. The summed E-state index contributed by atoms with van der Waals surface area (Å²) in [5.74, 6) is 0.506. The van der Waals surface area contributed by atoms with E-state index in [2.05, 4.69) is 9.97 Å². The Balaban J connectivity index is 1.58. The van der Waals surface area contributed by atoms with Crippen molar-refractivity contribution in [2.75, 3.05) is 7.05 Å². The number of halogens is 2. The van der Waals surface area contributed by atoms with Gasteiger partial charge in [-0.2, -0.15) is 0 Å². The number of rotatable bonds is 6. The number of non-ortho nitro benzene ring substituents is 1. The molecule has 0 spiro atoms. The average molecular weight is 475 g/mol. The molecule has 0 aliphatic rings. The van der Waals surface area contributed by atoms with Gasteiger partial charge in [0.15, 0.2) is 0 Å². The molecule has 7 nitrogen and oxygen atoms in total. The summed E-state index contributed by atoms with van der Waals surface area (Å²) in [5, 5.41) is 14.5. The van der Waals surface area contributed by atoms with Gasteiger partial charge in [0, 0.05) is 39.7 Å². The van der Waals surface area contributed by atoms with E-state index in [0.717, 1.165) is 11.1 Å². The molecule has 2 aromatic carbocycles. The van der Waals surface area contributed by atoms with Gasteiger partial charge in [0.25, 0.3) is 11.2 Å². The minimum atomic E-state index is -0.456. The third-order valence-corrected chi connectivity index (χ3v) is 6.24. The molecular formula is C21H16Cl2N4O3S. The van der Waals surface area contributed by atoms with Crippen molar-refractivity contribution in [1.29, 1.82) is 0 Å². The lowest BCUT2D eigenvalue weighted by atomic mass is 10.1. The fourth-order valence-corrected chi connectivity index (χ4v) is 4.58. The first kappa shape index (κ1) is 21.5. The molecule has 0 atom stereocenters. The Labute approximate surface area is 191 Å². The third-order valence-electron chi connectivity index (χ3n) is 4.75. The van der Waals surface area contributed by atoms with Crippen molar-refractivity contribution in [2.24, 2.45) is 0 Å². The molecule has 1 N–H and O–H groups in total. The molecule has 158 valence electrons. The van der Waals surface area contributed by atoms with Crippen LogP contribution in [0.5, 0.6) is 0 Å². The molecule has 0 saturated carbocycles. The maximum atomic E-state index is 12.8. The fraction of sp³-hybridized carbons (Fsp3) is 0.143. The van der Waals surface area contributed by atoms with E-state index in [-0.39, 0.29) is 11.2 Å². The van der Waals surface area contributed by atoms with Crippen LogP contribution in [0.3, 0.4) is 0 Å². The summed E-state index contributed by atoms with van der Waals surface area (Å²) < 4.78 is 0. The van der Waals surface area contributed by atoms with Gasteiger partial charge >= 0.3 is 0 Å². The van der Waals surface area contributed by atoms with E-state index in [1.165, 1.54) is 29.5 Å². The van der Waals surface area contributed by atoms with Gasteiger partial charge in [0.05, 0.1) is 16.9 Å². The number of nitro groups is 1. The number of nitro benzene ring substituents is 1. The van der Waals surface area contributed by atoms with Crippen LogP contribution in [0.4, 0.5) is 5.69 Å². The number of thiophene rings is 1. The summed E-state index contributed by atoms with van der Waals surface area (Å²) in [7, 11) is 1.83. The molecule has 0 unspecified atom stereocenters. The summed E-state index contributed by atoms with van der Waals surface area (Å²) in [5.41, 5.74) is 2.10. The van der Waals surface area contributed by atoms with Gasteiger partial charge in [-0.1, -0.05) is 35.3 Å². The largest absolute Gasteiger partial charge is 0.309 e. The lowest BCUT2D eigenvalue weighted by Gasteiger charge is -2.16. The molecule has 2 heterocycles. The van der Waals surface area contributed by atoms with E-state index in [0.29, 0.717) is 44.7 Å². The summed E-state index contributed by atoms with van der Waals surface area (Å²) in [6.07, 6.45) is 0. The normalized spacial score (nSPS) is 11.4. The molecule has 0 fully saturated rings. The standard InChI is InChI=1S/C21H16Cl2N4O3S/c1-26(9-13-8-15(27(29)30)6-7-17(13)23)10-18-24-20(28)19-16(11-31-21(19)25-18)12-2-4-14(22)5-3-12/h2-8,11H,9-10H2,1H3,(H,24,25,28). The van der Waals surface area contributed by atoms with Gasteiger partial charge < -0.3 is 4.98 Å². The van der Waals surface area contributed by atoms with Crippen LogP contribution in [0.25, 0.3) is 21.3 Å². The summed E-state index contributed by atoms with van der Waals surface area (Å²) in [6.45, 7) is 0.709. The zero-order valence-corrected chi connectivity index (χ0v) is 18.6. The van der Waals surface area contributed by atoms with Crippen LogP contribution < -0.4 is 5.56 Å². The lowest BCUT2D eigenvalue weighted by Crippen LogP contribution is -2.21. The van der Waals surface area contributed by atoms with E-state index in [1.807, 2.05) is 29.5 Å². The SMILES string of the molecule is CN(Cc1nc2scc(-c3ccc(Cl)cc3)c2c(=O)[nH]1)Cc1cc([N+](=O)[O-])ccc1Cl. The summed E-state index contributed by atoms with van der Waals surface area (Å²) in [4.78, 5) is 33.3. The topological polar surface area (TPSA) is 92.1 Å². The van der Waals surface area contributed by atoms with E-state index >= 15 is 0 Å². The van der Waals surface area contributed by atoms with E-state index in [9.17, 15) is 14.9 Å². The number of aromatic amines is 1. The van der Waals surface area contributed by atoms with Gasteiger partial charge in [0.1, 0.15) is 10.7 Å². The van der Waals surface area contributed by atoms with Gasteiger partial charge in [-0.15, -0.1) is 11.3 Å². The first-order valence-corrected chi connectivity index (χ1v) is 10.8. The van der Waals surface area contributed by atoms with Crippen LogP contribution in [-0.2, 0) is 13.1 Å². The van der Waals surface area contributed by atoms with E-state index < -0.39 is 4.92 Å². The number of H-pyrrole nitrogens is 1. The minimum absolute atomic E-state index is 0.0194. The third kappa shape index (κ3) is 4.62. The quantitative estimate of drug-likeness (QED) is 0.294. The van der Waals surface area contributed by atoms with E-state index in [1.54, 1.807) is 12.1 Å². The molecule has 0 aliphatic carbocycles. The molecule has 2 aromatic heterocycles. The number of hydrogen-bond donors (Lipinski definition) is 1. The number of hydrogen-bond acceptors (Lipinski definition) is 6. The summed E-state index contributed by atoms with van der Waals surface area (Å²) >= 11 is 13.6. The van der Waals surface area contributed by atoms with Crippen LogP contribution in [0.15, 0.2) is 52.6 Å². The van der Waals surface area contributed by atoms with Gasteiger partial charge in [-0.05, 0) is 36.4 Å². The van der Waals surface area contributed by atoms with Crippen molar-refractivity contribution in [2.45, 2.75) is 13.1 Å². The maximum Gasteiger partial charge on any atom is 0.269 e. The Hall–Kier alpha value is -2.78. The second-order valence-electron chi connectivity index (χ2n) is 7.05. The minimum Gasteiger partial charge on any atom is -0.309 e. The number of fused-ring (bicyclic) bond motifs is 1. The fourth-order valence-electron chi connectivity index (χ4n) is 3.31. The Morgan fingerprint density at radius 3 is 2.61 bits per heavy atom. The highest BCUT2D eigenvalue weighted by atomic mass is 35.5. The number of benzene rings is 2. The molecule has 4 aromatic rings.